The molecular formula is C25H34N4OS. The van der Waals surface area contributed by atoms with E-state index in [0.29, 0.717) is 11.6 Å². The minimum absolute atomic E-state index is 0.0531. The van der Waals surface area contributed by atoms with Crippen molar-refractivity contribution >= 4 is 29.0 Å². The molecule has 0 atom stereocenters. The zero-order valence-electron chi connectivity index (χ0n) is 18.7. The van der Waals surface area contributed by atoms with Crippen LogP contribution < -0.4 is 10.2 Å². The summed E-state index contributed by atoms with van der Waals surface area (Å²) in [5.74, 6) is 2.36. The number of hydrogen-bond donors (Lipinski definition) is 1. The van der Waals surface area contributed by atoms with Crippen LogP contribution in [0.25, 0.3) is 0 Å². The van der Waals surface area contributed by atoms with Gasteiger partial charge in [0.15, 0.2) is 0 Å². The van der Waals surface area contributed by atoms with Gasteiger partial charge in [-0.1, -0.05) is 12.1 Å². The molecule has 0 unspecified atom stereocenters. The second-order valence-electron chi connectivity index (χ2n) is 8.71. The fraction of sp³-hybridized carbons (Fsp3) is 0.480. The van der Waals surface area contributed by atoms with Crippen molar-refractivity contribution in [2.24, 2.45) is 0 Å². The molecule has 2 aromatic carbocycles. The second kappa shape index (κ2) is 10.5. The number of benzene rings is 2. The molecule has 2 aliphatic rings. The van der Waals surface area contributed by atoms with Crippen molar-refractivity contribution in [3.63, 3.8) is 0 Å². The predicted molar refractivity (Wildman–Crippen MR) is 132 cm³/mol. The van der Waals surface area contributed by atoms with Gasteiger partial charge in [0.1, 0.15) is 0 Å². The Morgan fingerprint density at radius 1 is 0.968 bits per heavy atom. The average molecular weight is 439 g/mol. The van der Waals surface area contributed by atoms with Gasteiger partial charge in [-0.2, -0.15) is 11.8 Å². The van der Waals surface area contributed by atoms with E-state index in [4.69, 9.17) is 0 Å². The molecule has 166 valence electrons. The van der Waals surface area contributed by atoms with E-state index in [1.807, 2.05) is 36.0 Å². The zero-order chi connectivity index (χ0) is 21.6. The molecule has 6 heteroatoms. The van der Waals surface area contributed by atoms with Crippen LogP contribution in [0, 0.1) is 0 Å². The van der Waals surface area contributed by atoms with Crippen LogP contribution in [0.4, 0.5) is 11.4 Å². The van der Waals surface area contributed by atoms with Crippen LogP contribution in [0.2, 0.25) is 0 Å². The summed E-state index contributed by atoms with van der Waals surface area (Å²) in [6.07, 6.45) is 0. The molecule has 0 spiro atoms. The van der Waals surface area contributed by atoms with Crippen LogP contribution >= 0.6 is 11.8 Å². The molecule has 0 bridgehead atoms. The van der Waals surface area contributed by atoms with Gasteiger partial charge in [-0.15, -0.1) is 0 Å². The maximum atomic E-state index is 12.8. The van der Waals surface area contributed by atoms with E-state index in [9.17, 15) is 4.79 Å². The van der Waals surface area contributed by atoms with Crippen molar-refractivity contribution in [2.45, 2.75) is 26.4 Å². The van der Waals surface area contributed by atoms with E-state index >= 15 is 0 Å². The van der Waals surface area contributed by atoms with E-state index in [1.54, 1.807) is 0 Å². The van der Waals surface area contributed by atoms with E-state index in [-0.39, 0.29) is 5.91 Å². The first-order valence-corrected chi connectivity index (χ1v) is 12.5. The lowest BCUT2D eigenvalue weighted by Gasteiger charge is -2.38. The number of anilines is 2. The lowest BCUT2D eigenvalue weighted by Crippen LogP contribution is -2.48. The molecule has 0 radical (unpaired) electrons. The van der Waals surface area contributed by atoms with Gasteiger partial charge >= 0.3 is 0 Å². The summed E-state index contributed by atoms with van der Waals surface area (Å²) in [6.45, 7) is 12.0. The Labute approximate surface area is 190 Å². The third-order valence-electron chi connectivity index (χ3n) is 6.23. The zero-order valence-corrected chi connectivity index (χ0v) is 19.5. The van der Waals surface area contributed by atoms with Crippen LogP contribution in [0.1, 0.15) is 29.8 Å². The monoisotopic (exact) mass is 438 g/mol. The molecule has 1 amide bonds. The molecule has 2 saturated heterocycles. The second-order valence-corrected chi connectivity index (χ2v) is 9.93. The van der Waals surface area contributed by atoms with Crippen molar-refractivity contribution in [3.8, 4) is 0 Å². The molecule has 2 aliphatic heterocycles. The van der Waals surface area contributed by atoms with Gasteiger partial charge in [-0.05, 0) is 55.8 Å². The molecule has 0 aromatic heterocycles. The smallest absolute Gasteiger partial charge is 0.255 e. The Balaban J connectivity index is 1.33. The standard InChI is InChI=1S/C25H34N4OS/c1-20(2)28-10-12-29(13-11-28)24-8-6-22(7-9-24)25(30)26-23-5-3-4-21(18-23)19-27-14-16-31-17-15-27/h3-9,18,20H,10-17,19H2,1-2H3,(H,26,30). The van der Waals surface area contributed by atoms with Crippen LogP contribution in [0.3, 0.4) is 0 Å². The Hall–Kier alpha value is -2.02. The van der Waals surface area contributed by atoms with Crippen molar-refractivity contribution < 1.29 is 4.79 Å². The highest BCUT2D eigenvalue weighted by Crippen LogP contribution is 2.20. The largest absolute Gasteiger partial charge is 0.369 e. The van der Waals surface area contributed by atoms with Crippen molar-refractivity contribution in [2.75, 3.05) is 61.0 Å². The number of rotatable bonds is 6. The lowest BCUT2D eigenvalue weighted by atomic mass is 10.1. The number of thioether (sulfide) groups is 1. The topological polar surface area (TPSA) is 38.8 Å². The van der Waals surface area contributed by atoms with Crippen molar-refractivity contribution in [1.29, 1.82) is 0 Å². The maximum absolute atomic E-state index is 12.8. The Kier molecular flexibility index (Phi) is 7.54. The number of amides is 1. The van der Waals surface area contributed by atoms with E-state index in [1.165, 1.54) is 22.8 Å². The average Bonchev–Trinajstić information content (AvgIpc) is 2.80. The maximum Gasteiger partial charge on any atom is 0.255 e. The van der Waals surface area contributed by atoms with Gasteiger partial charge in [0.05, 0.1) is 0 Å². The number of nitrogens with one attached hydrogen (secondary N) is 1. The third kappa shape index (κ3) is 6.03. The molecular weight excluding hydrogens is 404 g/mol. The number of carbonyl (C=O) groups is 1. The molecule has 0 aliphatic carbocycles. The summed E-state index contributed by atoms with van der Waals surface area (Å²) < 4.78 is 0. The Morgan fingerprint density at radius 3 is 2.35 bits per heavy atom. The van der Waals surface area contributed by atoms with E-state index < -0.39 is 0 Å². The summed E-state index contributed by atoms with van der Waals surface area (Å²) in [6, 6.07) is 16.9. The van der Waals surface area contributed by atoms with Crippen LogP contribution in [0.15, 0.2) is 48.5 Å². The Bertz CT molecular complexity index is 856. The summed E-state index contributed by atoms with van der Waals surface area (Å²) in [5, 5.41) is 3.07. The van der Waals surface area contributed by atoms with Gasteiger partial charge in [0.2, 0.25) is 0 Å². The quantitative estimate of drug-likeness (QED) is 0.738. The first-order valence-electron chi connectivity index (χ1n) is 11.4. The van der Waals surface area contributed by atoms with Crippen molar-refractivity contribution in [3.05, 3.63) is 59.7 Å². The lowest BCUT2D eigenvalue weighted by molar-refractivity contribution is 0.102. The van der Waals surface area contributed by atoms with Gasteiger partial charge in [-0.25, -0.2) is 0 Å². The third-order valence-corrected chi connectivity index (χ3v) is 7.18. The molecule has 4 rings (SSSR count). The first-order chi connectivity index (χ1) is 15.1. The van der Waals surface area contributed by atoms with Gasteiger partial charge < -0.3 is 10.2 Å². The van der Waals surface area contributed by atoms with E-state index in [2.05, 4.69) is 58.1 Å². The normalized spacial score (nSPS) is 18.4. The fourth-order valence-corrected chi connectivity index (χ4v) is 5.27. The molecule has 2 fully saturated rings. The number of piperazine rings is 1. The van der Waals surface area contributed by atoms with Crippen LogP contribution in [0.5, 0.6) is 0 Å². The number of nitrogens with zero attached hydrogens (tertiary/aromatic N) is 3. The van der Waals surface area contributed by atoms with Crippen LogP contribution in [-0.4, -0.2) is 72.5 Å². The SMILES string of the molecule is CC(C)N1CCN(c2ccc(C(=O)Nc3cccc(CN4CCSCC4)c3)cc2)CC1. The first kappa shape index (κ1) is 22.2. The highest BCUT2D eigenvalue weighted by Gasteiger charge is 2.19. The number of carbonyl (C=O) groups excluding carboxylic acids is 1. The highest BCUT2D eigenvalue weighted by atomic mass is 32.2. The summed E-state index contributed by atoms with van der Waals surface area (Å²) in [4.78, 5) is 20.2. The summed E-state index contributed by atoms with van der Waals surface area (Å²) in [7, 11) is 0. The Morgan fingerprint density at radius 2 is 1.68 bits per heavy atom. The minimum Gasteiger partial charge on any atom is -0.369 e. The highest BCUT2D eigenvalue weighted by molar-refractivity contribution is 7.99. The molecule has 0 saturated carbocycles. The van der Waals surface area contributed by atoms with Crippen molar-refractivity contribution in [1.82, 2.24) is 9.80 Å². The van der Waals surface area contributed by atoms with Gasteiger partial charge in [-0.3, -0.25) is 14.6 Å². The summed E-state index contributed by atoms with van der Waals surface area (Å²) >= 11 is 2.03. The number of hydrogen-bond acceptors (Lipinski definition) is 5. The molecule has 31 heavy (non-hydrogen) atoms. The summed E-state index contributed by atoms with van der Waals surface area (Å²) in [5.41, 5.74) is 4.01. The van der Waals surface area contributed by atoms with E-state index in [0.717, 1.165) is 51.5 Å². The molecule has 1 N–H and O–H groups in total. The minimum atomic E-state index is -0.0531. The predicted octanol–water partition coefficient (Wildman–Crippen LogP) is 4.02. The molecule has 2 heterocycles. The fourth-order valence-electron chi connectivity index (χ4n) is 4.29. The van der Waals surface area contributed by atoms with Gasteiger partial charge in [0.25, 0.3) is 5.91 Å². The van der Waals surface area contributed by atoms with Crippen LogP contribution in [-0.2, 0) is 6.54 Å². The van der Waals surface area contributed by atoms with Gasteiger partial charge in [0, 0.05) is 80.3 Å². The molecule has 2 aromatic rings. The molecule has 5 nitrogen and oxygen atoms in total.